The molecule has 0 aliphatic carbocycles. The normalized spacial score (nSPS) is 13.3. The first-order valence-electron chi connectivity index (χ1n) is 10.2. The Morgan fingerprint density at radius 2 is 1.44 bits per heavy atom. The highest BCUT2D eigenvalue weighted by Crippen LogP contribution is 2.40. The first-order chi connectivity index (χ1) is 16.5. The van der Waals surface area contributed by atoms with Gasteiger partial charge in [-0.2, -0.15) is 31.5 Å². The van der Waals surface area contributed by atoms with E-state index in [1.165, 1.54) is 20.8 Å². The van der Waals surface area contributed by atoms with E-state index >= 15 is 0 Å². The number of aromatic amines is 1. The molecule has 1 heterocycles. The highest BCUT2D eigenvalue weighted by molar-refractivity contribution is 9.10. The van der Waals surface area contributed by atoms with Gasteiger partial charge in [-0.1, -0.05) is 6.07 Å². The summed E-state index contributed by atoms with van der Waals surface area (Å²) in [5.41, 5.74) is -5.92. The van der Waals surface area contributed by atoms with Crippen molar-refractivity contribution in [3.63, 3.8) is 0 Å². The lowest BCUT2D eigenvalue weighted by molar-refractivity contribution is -0.141. The molecule has 1 N–H and O–H groups in total. The lowest BCUT2D eigenvalue weighted by Gasteiger charge is -2.19. The number of aryl methyl sites for hydroxylation is 1. The van der Waals surface area contributed by atoms with Gasteiger partial charge in [0.1, 0.15) is 0 Å². The molecule has 0 radical (unpaired) electrons. The van der Waals surface area contributed by atoms with E-state index in [4.69, 9.17) is 0 Å². The summed E-state index contributed by atoms with van der Waals surface area (Å²) >= 11 is 3.29. The Bertz CT molecular complexity index is 1400. The fourth-order valence-electron chi connectivity index (χ4n) is 3.00. The van der Waals surface area contributed by atoms with Crippen LogP contribution in [0.25, 0.3) is 0 Å². The molecule has 3 aromatic rings. The molecule has 0 amide bonds. The minimum absolute atomic E-state index is 0.179. The van der Waals surface area contributed by atoms with Gasteiger partial charge in [0, 0.05) is 4.47 Å². The maximum absolute atomic E-state index is 13.7. The van der Waals surface area contributed by atoms with Crippen LogP contribution in [0, 0.1) is 6.92 Å². The summed E-state index contributed by atoms with van der Waals surface area (Å²) in [5, 5.41) is 16.3. The monoisotopic (exact) mass is 576 g/mol. The number of aromatic nitrogens is 2. The Balaban J connectivity index is 2.06. The predicted molar refractivity (Wildman–Crippen MR) is 124 cm³/mol. The van der Waals surface area contributed by atoms with Gasteiger partial charge in [0.25, 0.3) is 5.56 Å². The van der Waals surface area contributed by atoms with Crippen molar-refractivity contribution in [2.24, 2.45) is 20.5 Å². The number of benzene rings is 2. The predicted octanol–water partition coefficient (Wildman–Crippen LogP) is 8.87. The van der Waals surface area contributed by atoms with Crippen molar-refractivity contribution in [2.45, 2.75) is 45.6 Å². The first kappa shape index (κ1) is 27.3. The quantitative estimate of drug-likeness (QED) is 0.244. The molecule has 0 saturated heterocycles. The highest BCUT2D eigenvalue weighted by atomic mass is 79.9. The van der Waals surface area contributed by atoms with Crippen molar-refractivity contribution in [1.82, 2.24) is 9.78 Å². The molecule has 7 nitrogen and oxygen atoms in total. The summed E-state index contributed by atoms with van der Waals surface area (Å²) in [6.07, 6.45) is -9.97. The number of nitrogens with zero attached hydrogens (tertiary/aromatic N) is 5. The maximum Gasteiger partial charge on any atom is 0.435 e. The zero-order chi connectivity index (χ0) is 27.1. The zero-order valence-electron chi connectivity index (χ0n) is 19.3. The second kappa shape index (κ2) is 9.64. The number of hydrogen-bond acceptors (Lipinski definition) is 5. The van der Waals surface area contributed by atoms with Gasteiger partial charge in [0.15, 0.2) is 11.4 Å². The van der Waals surface area contributed by atoms with Gasteiger partial charge in [-0.05, 0) is 79.5 Å². The van der Waals surface area contributed by atoms with Gasteiger partial charge in [0.2, 0.25) is 0 Å². The maximum atomic E-state index is 13.7. The van der Waals surface area contributed by atoms with E-state index in [-0.39, 0.29) is 5.69 Å². The van der Waals surface area contributed by atoms with E-state index in [1.807, 2.05) is 12.0 Å². The van der Waals surface area contributed by atoms with Crippen LogP contribution in [0.3, 0.4) is 0 Å². The average Bonchev–Trinajstić information content (AvgIpc) is 3.08. The molecule has 0 atom stereocenters. The van der Waals surface area contributed by atoms with Gasteiger partial charge >= 0.3 is 12.4 Å². The van der Waals surface area contributed by atoms with Crippen LogP contribution in [-0.4, -0.2) is 9.78 Å². The molecule has 14 heteroatoms. The fourth-order valence-corrected chi connectivity index (χ4v) is 3.57. The van der Waals surface area contributed by atoms with E-state index in [2.05, 4.69) is 36.4 Å². The Labute approximate surface area is 209 Å². The third-order valence-electron chi connectivity index (χ3n) is 4.74. The van der Waals surface area contributed by atoms with Gasteiger partial charge in [-0.3, -0.25) is 9.89 Å². The number of alkyl halides is 6. The van der Waals surface area contributed by atoms with E-state index in [0.29, 0.717) is 20.9 Å². The van der Waals surface area contributed by atoms with Crippen LogP contribution in [0.15, 0.2) is 66.1 Å². The highest BCUT2D eigenvalue weighted by Gasteiger charge is 2.40. The summed E-state index contributed by atoms with van der Waals surface area (Å²) in [5.74, 6) is 0. The fraction of sp³-hybridized carbons (Fsp3) is 0.318. The molecule has 36 heavy (non-hydrogen) atoms. The first-order valence-corrected chi connectivity index (χ1v) is 11.0. The van der Waals surface area contributed by atoms with Gasteiger partial charge in [0.05, 0.1) is 28.2 Å². The summed E-state index contributed by atoms with van der Waals surface area (Å²) in [6.45, 7) is 6.25. The van der Waals surface area contributed by atoms with Crippen LogP contribution < -0.4 is 5.56 Å². The van der Waals surface area contributed by atoms with E-state index in [9.17, 15) is 31.1 Å². The van der Waals surface area contributed by atoms with Gasteiger partial charge in [-0.25, -0.2) is 4.68 Å². The number of hydrogen-bond donors (Lipinski definition) is 1. The Hall–Kier alpha value is -3.29. The lowest BCUT2D eigenvalue weighted by atomic mass is 10.1. The average molecular weight is 577 g/mol. The third-order valence-corrected chi connectivity index (χ3v) is 5.38. The SMILES string of the molecule is Cc1ccc(N=Nc2ccc(N=Nc3c(C(F)(F)F)[nH]n(C(C)(C)C)c3=O)c(C(F)(F)F)c2)c(Br)c1. The summed E-state index contributed by atoms with van der Waals surface area (Å²) in [7, 11) is 0. The third kappa shape index (κ3) is 6.09. The minimum Gasteiger partial charge on any atom is -0.289 e. The summed E-state index contributed by atoms with van der Waals surface area (Å²) in [4.78, 5) is 12.5. The van der Waals surface area contributed by atoms with Crippen molar-refractivity contribution in [1.29, 1.82) is 0 Å². The van der Waals surface area contributed by atoms with Crippen molar-refractivity contribution in [3.8, 4) is 0 Å². The van der Waals surface area contributed by atoms with Crippen LogP contribution in [0.5, 0.6) is 0 Å². The number of nitrogens with one attached hydrogen (secondary N) is 1. The van der Waals surface area contributed by atoms with Crippen molar-refractivity contribution in [3.05, 3.63) is 68.0 Å². The molecule has 0 fully saturated rings. The van der Waals surface area contributed by atoms with Crippen LogP contribution >= 0.6 is 15.9 Å². The van der Waals surface area contributed by atoms with Crippen LogP contribution in [0.1, 0.15) is 37.6 Å². The molecule has 0 spiro atoms. The molecule has 0 bridgehead atoms. The molecular weight excluding hydrogens is 558 g/mol. The van der Waals surface area contributed by atoms with Crippen LogP contribution in [-0.2, 0) is 17.9 Å². The Kier molecular flexibility index (Phi) is 7.31. The van der Waals surface area contributed by atoms with Crippen molar-refractivity contribution in [2.75, 3.05) is 0 Å². The lowest BCUT2D eigenvalue weighted by Crippen LogP contribution is -2.32. The van der Waals surface area contributed by atoms with Gasteiger partial charge < -0.3 is 0 Å². The van der Waals surface area contributed by atoms with Crippen molar-refractivity contribution < 1.29 is 26.3 Å². The van der Waals surface area contributed by atoms with E-state index < -0.39 is 46.1 Å². The zero-order valence-corrected chi connectivity index (χ0v) is 20.8. The summed E-state index contributed by atoms with van der Waals surface area (Å²) in [6, 6.07) is 7.78. The molecule has 2 aromatic carbocycles. The smallest absolute Gasteiger partial charge is 0.289 e. The number of halogens is 7. The molecule has 192 valence electrons. The molecule has 3 rings (SSSR count). The van der Waals surface area contributed by atoms with E-state index in [0.717, 1.165) is 17.7 Å². The molecule has 1 aromatic heterocycles. The standard InChI is InChI=1S/C22H19BrF6N6O/c1-11-5-7-16(14(23)9-11)32-30-12-6-8-15(13(10-12)21(24,25)26)31-33-17-18(22(27,28)29)34-35(19(17)36)20(2,3)4/h5-10,34H,1-4H3. The number of azo groups is 2. The Morgan fingerprint density at radius 1 is 0.833 bits per heavy atom. The topological polar surface area (TPSA) is 87.2 Å². The second-order valence-corrected chi connectivity index (χ2v) is 9.55. The van der Waals surface area contributed by atoms with E-state index in [1.54, 1.807) is 18.2 Å². The van der Waals surface area contributed by atoms with Crippen molar-refractivity contribution >= 4 is 38.7 Å². The van der Waals surface area contributed by atoms with Crippen LogP contribution in [0.2, 0.25) is 0 Å². The molecule has 0 aliphatic rings. The molecule has 0 unspecified atom stereocenters. The van der Waals surface area contributed by atoms with Gasteiger partial charge in [-0.15, -0.1) is 15.3 Å². The summed E-state index contributed by atoms with van der Waals surface area (Å²) < 4.78 is 82.8. The van der Waals surface area contributed by atoms with Crippen LogP contribution in [0.4, 0.5) is 49.1 Å². The largest absolute Gasteiger partial charge is 0.435 e. The molecular formula is C22H19BrF6N6O. The number of rotatable bonds is 4. The second-order valence-electron chi connectivity index (χ2n) is 8.70. The minimum atomic E-state index is -5.02. The molecule has 0 saturated carbocycles. The molecule has 0 aliphatic heterocycles. The number of H-pyrrole nitrogens is 1. The Morgan fingerprint density at radius 3 is 2.00 bits per heavy atom.